The van der Waals surface area contributed by atoms with E-state index >= 15 is 0 Å². The topological polar surface area (TPSA) is 48.9 Å². The number of hydrogen-bond acceptors (Lipinski definition) is 3. The number of guanidine groups is 1. The van der Waals surface area contributed by atoms with Gasteiger partial charge in [0.15, 0.2) is 5.96 Å². The van der Waals surface area contributed by atoms with E-state index in [1.54, 1.807) is 7.11 Å². The second kappa shape index (κ2) is 14.6. The smallest absolute Gasteiger partial charge is 0.190 e. The van der Waals surface area contributed by atoms with Crippen LogP contribution in [0.25, 0.3) is 0 Å². The average molecular weight is 286 g/mol. The number of aliphatic imine (C=N–C) groups is 1. The predicted molar refractivity (Wildman–Crippen MR) is 87.5 cm³/mol. The van der Waals surface area contributed by atoms with Crippen LogP contribution in [0.1, 0.15) is 39.0 Å². The molecule has 0 unspecified atom stereocenters. The van der Waals surface area contributed by atoms with Gasteiger partial charge in [0.2, 0.25) is 0 Å². The maximum absolute atomic E-state index is 5.06. The third-order valence-electron chi connectivity index (χ3n) is 3.23. The van der Waals surface area contributed by atoms with E-state index in [-0.39, 0.29) is 0 Å². The summed E-state index contributed by atoms with van der Waals surface area (Å²) in [5, 5.41) is 6.71. The molecule has 0 aromatic heterocycles. The molecule has 0 fully saturated rings. The number of rotatable bonds is 12. The summed E-state index contributed by atoms with van der Waals surface area (Å²) in [4.78, 5) is 6.52. The third-order valence-corrected chi connectivity index (χ3v) is 3.23. The van der Waals surface area contributed by atoms with Gasteiger partial charge in [0.1, 0.15) is 0 Å². The van der Waals surface area contributed by atoms with Gasteiger partial charge >= 0.3 is 0 Å². The van der Waals surface area contributed by atoms with E-state index in [1.807, 2.05) is 7.05 Å². The molecule has 0 bridgehead atoms. The SMILES string of the molecule is CCCCCCNC(=NC)NCCCN(C)CCOC. The highest BCUT2D eigenvalue weighted by molar-refractivity contribution is 5.79. The first-order chi connectivity index (χ1) is 9.74. The quantitative estimate of drug-likeness (QED) is 0.326. The summed E-state index contributed by atoms with van der Waals surface area (Å²) < 4.78 is 5.06. The van der Waals surface area contributed by atoms with Gasteiger partial charge in [-0.2, -0.15) is 0 Å². The Bertz CT molecular complexity index is 234. The molecule has 20 heavy (non-hydrogen) atoms. The van der Waals surface area contributed by atoms with Crippen LogP contribution in [-0.2, 0) is 4.74 Å². The molecule has 0 atom stereocenters. The molecule has 0 aromatic carbocycles. The minimum atomic E-state index is 0.797. The number of unbranched alkanes of at least 4 members (excludes halogenated alkanes) is 3. The molecular weight excluding hydrogens is 252 g/mol. The first-order valence-corrected chi connectivity index (χ1v) is 7.86. The fourth-order valence-corrected chi connectivity index (χ4v) is 1.89. The van der Waals surface area contributed by atoms with Gasteiger partial charge in [0, 0.05) is 33.8 Å². The largest absolute Gasteiger partial charge is 0.383 e. The lowest BCUT2D eigenvalue weighted by Crippen LogP contribution is -2.39. The van der Waals surface area contributed by atoms with Crippen molar-refractivity contribution in [3.63, 3.8) is 0 Å². The van der Waals surface area contributed by atoms with Crippen molar-refractivity contribution < 1.29 is 4.74 Å². The Hall–Kier alpha value is -0.810. The Kier molecular flexibility index (Phi) is 14.0. The van der Waals surface area contributed by atoms with Crippen LogP contribution in [0.5, 0.6) is 0 Å². The van der Waals surface area contributed by atoms with Crippen molar-refractivity contribution in [2.45, 2.75) is 39.0 Å². The molecule has 0 rings (SSSR count). The summed E-state index contributed by atoms with van der Waals surface area (Å²) in [6.07, 6.45) is 6.22. The number of methoxy groups -OCH3 is 1. The molecule has 0 aliphatic rings. The van der Waals surface area contributed by atoms with E-state index in [2.05, 4.69) is 34.5 Å². The van der Waals surface area contributed by atoms with Crippen molar-refractivity contribution in [3.8, 4) is 0 Å². The Balaban J connectivity index is 3.50. The van der Waals surface area contributed by atoms with E-state index in [0.29, 0.717) is 0 Å². The van der Waals surface area contributed by atoms with Gasteiger partial charge in [-0.25, -0.2) is 0 Å². The molecule has 0 heterocycles. The van der Waals surface area contributed by atoms with Gasteiger partial charge in [-0.1, -0.05) is 26.2 Å². The zero-order valence-corrected chi connectivity index (χ0v) is 13.9. The molecule has 2 N–H and O–H groups in total. The van der Waals surface area contributed by atoms with E-state index in [0.717, 1.165) is 45.2 Å². The number of hydrogen-bond donors (Lipinski definition) is 2. The van der Waals surface area contributed by atoms with Gasteiger partial charge in [0.25, 0.3) is 0 Å². The van der Waals surface area contributed by atoms with Crippen molar-refractivity contribution in [2.75, 3.05) is 54.0 Å². The first kappa shape index (κ1) is 19.2. The molecule has 0 aliphatic carbocycles. The van der Waals surface area contributed by atoms with Gasteiger partial charge in [-0.05, 0) is 26.4 Å². The summed E-state index contributed by atoms with van der Waals surface area (Å²) in [5.74, 6) is 0.918. The van der Waals surface area contributed by atoms with E-state index in [4.69, 9.17) is 4.74 Å². The van der Waals surface area contributed by atoms with E-state index in [9.17, 15) is 0 Å². The number of nitrogens with zero attached hydrogens (tertiary/aromatic N) is 2. The lowest BCUT2D eigenvalue weighted by molar-refractivity contribution is 0.161. The van der Waals surface area contributed by atoms with Crippen LogP contribution < -0.4 is 10.6 Å². The Morgan fingerprint density at radius 3 is 2.35 bits per heavy atom. The molecule has 0 saturated carbocycles. The van der Waals surface area contributed by atoms with Crippen molar-refractivity contribution >= 4 is 5.96 Å². The van der Waals surface area contributed by atoms with Crippen LogP contribution in [0, 0.1) is 0 Å². The molecular formula is C15H34N4O. The summed E-state index contributed by atoms with van der Waals surface area (Å²) >= 11 is 0. The zero-order chi connectivity index (χ0) is 15.1. The molecule has 0 aliphatic heterocycles. The third kappa shape index (κ3) is 12.2. The van der Waals surface area contributed by atoms with E-state index in [1.165, 1.54) is 25.7 Å². The maximum Gasteiger partial charge on any atom is 0.190 e. The molecule has 0 spiro atoms. The molecule has 0 amide bonds. The number of ether oxygens (including phenoxy) is 1. The Morgan fingerprint density at radius 2 is 1.75 bits per heavy atom. The monoisotopic (exact) mass is 286 g/mol. The first-order valence-electron chi connectivity index (χ1n) is 7.86. The van der Waals surface area contributed by atoms with Crippen molar-refractivity contribution in [1.82, 2.24) is 15.5 Å². The van der Waals surface area contributed by atoms with Gasteiger partial charge in [0.05, 0.1) is 6.61 Å². The highest BCUT2D eigenvalue weighted by Crippen LogP contribution is 1.96. The zero-order valence-electron chi connectivity index (χ0n) is 13.9. The minimum Gasteiger partial charge on any atom is -0.383 e. The summed E-state index contributed by atoms with van der Waals surface area (Å²) in [6, 6.07) is 0. The van der Waals surface area contributed by atoms with Crippen LogP contribution in [0.4, 0.5) is 0 Å². The van der Waals surface area contributed by atoms with Crippen LogP contribution in [0.2, 0.25) is 0 Å². The highest BCUT2D eigenvalue weighted by Gasteiger charge is 1.99. The van der Waals surface area contributed by atoms with Crippen LogP contribution in [0.15, 0.2) is 4.99 Å². The van der Waals surface area contributed by atoms with Crippen molar-refractivity contribution in [1.29, 1.82) is 0 Å². The fraction of sp³-hybridized carbons (Fsp3) is 0.933. The van der Waals surface area contributed by atoms with Gasteiger partial charge in [-0.15, -0.1) is 0 Å². The second-order valence-electron chi connectivity index (χ2n) is 5.14. The fourth-order valence-electron chi connectivity index (χ4n) is 1.89. The van der Waals surface area contributed by atoms with E-state index < -0.39 is 0 Å². The average Bonchev–Trinajstić information content (AvgIpc) is 2.47. The number of nitrogens with one attached hydrogen (secondary N) is 2. The summed E-state index contributed by atoms with van der Waals surface area (Å²) in [7, 11) is 5.69. The van der Waals surface area contributed by atoms with Crippen molar-refractivity contribution in [3.05, 3.63) is 0 Å². The molecule has 5 nitrogen and oxygen atoms in total. The lowest BCUT2D eigenvalue weighted by Gasteiger charge is -2.17. The summed E-state index contributed by atoms with van der Waals surface area (Å²) in [5.41, 5.74) is 0. The molecule has 0 radical (unpaired) electrons. The Labute approximate surface area is 125 Å². The molecule has 5 heteroatoms. The summed E-state index contributed by atoms with van der Waals surface area (Å²) in [6.45, 7) is 7.05. The lowest BCUT2D eigenvalue weighted by atomic mass is 10.2. The predicted octanol–water partition coefficient (Wildman–Crippen LogP) is 1.70. The minimum absolute atomic E-state index is 0.797. The van der Waals surface area contributed by atoms with Gasteiger partial charge in [-0.3, -0.25) is 4.99 Å². The Morgan fingerprint density at radius 1 is 1.05 bits per heavy atom. The van der Waals surface area contributed by atoms with Crippen molar-refractivity contribution in [2.24, 2.45) is 4.99 Å². The normalized spacial score (nSPS) is 11.9. The van der Waals surface area contributed by atoms with Crippen LogP contribution in [-0.4, -0.2) is 64.9 Å². The second-order valence-corrected chi connectivity index (χ2v) is 5.14. The highest BCUT2D eigenvalue weighted by atomic mass is 16.5. The van der Waals surface area contributed by atoms with Crippen LogP contribution >= 0.6 is 0 Å². The van der Waals surface area contributed by atoms with Crippen LogP contribution in [0.3, 0.4) is 0 Å². The maximum atomic E-state index is 5.06. The standard InChI is InChI=1S/C15H34N4O/c1-5-6-7-8-10-17-15(16-2)18-11-9-12-19(3)13-14-20-4/h5-14H2,1-4H3,(H2,16,17,18). The molecule has 0 saturated heterocycles. The number of likely N-dealkylation sites (N-methyl/N-ethyl adjacent to an activating group) is 1. The molecule has 120 valence electrons. The molecule has 0 aromatic rings. The van der Waals surface area contributed by atoms with Gasteiger partial charge < -0.3 is 20.3 Å².